The molecule has 0 saturated heterocycles. The second-order valence-corrected chi connectivity index (χ2v) is 3.69. The molecule has 0 aliphatic carbocycles. The van der Waals surface area contributed by atoms with Gasteiger partial charge < -0.3 is 5.32 Å². The number of carbonyl (C=O) groups excluding carboxylic acids is 1. The van der Waals surface area contributed by atoms with E-state index in [9.17, 15) is 9.18 Å². The lowest BCUT2D eigenvalue weighted by atomic mass is 10.1. The topological polar surface area (TPSA) is 29.1 Å². The third-order valence-corrected chi connectivity index (χ3v) is 2.26. The third kappa shape index (κ3) is 3.70. The maximum Gasteiger partial charge on any atom is 0.227 e. The lowest BCUT2D eigenvalue weighted by Gasteiger charge is -2.10. The zero-order chi connectivity index (χ0) is 11.3. The molecule has 0 unspecified atom stereocenters. The molecule has 2 nitrogen and oxygen atoms in total. The Bertz CT molecular complexity index is 338. The first-order valence-electron chi connectivity index (χ1n) is 5.20. The van der Waals surface area contributed by atoms with E-state index in [0.717, 1.165) is 12.8 Å². The lowest BCUT2D eigenvalue weighted by Crippen LogP contribution is -2.20. The molecule has 0 spiro atoms. The molecule has 0 bridgehead atoms. The minimum atomic E-state index is -0.337. The van der Waals surface area contributed by atoms with Crippen LogP contribution in [0.5, 0.6) is 0 Å². The normalized spacial score (nSPS) is 12.2. The van der Waals surface area contributed by atoms with Crippen molar-refractivity contribution < 1.29 is 9.18 Å². The predicted molar refractivity (Wildman–Crippen MR) is 59.1 cm³/mol. The molecule has 1 aromatic carbocycles. The third-order valence-electron chi connectivity index (χ3n) is 2.26. The summed E-state index contributed by atoms with van der Waals surface area (Å²) in [4.78, 5) is 11.6. The van der Waals surface area contributed by atoms with Gasteiger partial charge in [0.2, 0.25) is 5.91 Å². The predicted octanol–water partition coefficient (Wildman–Crippen LogP) is 3.20. The number of rotatable bonds is 4. The SMILES string of the molecule is CCC[C@@H](C)C(=O)Nc1cccc(F)c1. The summed E-state index contributed by atoms with van der Waals surface area (Å²) in [7, 11) is 0. The van der Waals surface area contributed by atoms with Crippen molar-refractivity contribution in [3.8, 4) is 0 Å². The summed E-state index contributed by atoms with van der Waals surface area (Å²) in [6.45, 7) is 3.91. The van der Waals surface area contributed by atoms with Crippen molar-refractivity contribution >= 4 is 11.6 Å². The van der Waals surface area contributed by atoms with Crippen LogP contribution in [0.2, 0.25) is 0 Å². The number of carbonyl (C=O) groups is 1. The number of nitrogens with one attached hydrogen (secondary N) is 1. The first kappa shape index (κ1) is 11.7. The quantitative estimate of drug-likeness (QED) is 0.810. The van der Waals surface area contributed by atoms with Gasteiger partial charge in [-0.1, -0.05) is 26.3 Å². The average Bonchev–Trinajstić information content (AvgIpc) is 2.18. The molecule has 1 N–H and O–H groups in total. The number of halogens is 1. The van der Waals surface area contributed by atoms with Gasteiger partial charge in [0.15, 0.2) is 0 Å². The van der Waals surface area contributed by atoms with Gasteiger partial charge >= 0.3 is 0 Å². The molecular formula is C12H16FNO. The number of anilines is 1. The molecule has 0 fully saturated rings. The van der Waals surface area contributed by atoms with E-state index in [1.54, 1.807) is 12.1 Å². The molecule has 1 aromatic rings. The average molecular weight is 209 g/mol. The van der Waals surface area contributed by atoms with Crippen molar-refractivity contribution in [1.82, 2.24) is 0 Å². The highest BCUT2D eigenvalue weighted by molar-refractivity contribution is 5.92. The van der Waals surface area contributed by atoms with Crippen molar-refractivity contribution in [2.24, 2.45) is 5.92 Å². The molecule has 0 saturated carbocycles. The zero-order valence-electron chi connectivity index (χ0n) is 9.09. The molecule has 1 amide bonds. The summed E-state index contributed by atoms with van der Waals surface area (Å²) in [5, 5.41) is 2.69. The van der Waals surface area contributed by atoms with Crippen LogP contribution < -0.4 is 5.32 Å². The van der Waals surface area contributed by atoms with E-state index in [4.69, 9.17) is 0 Å². The fraction of sp³-hybridized carbons (Fsp3) is 0.417. The Morgan fingerprint density at radius 3 is 2.87 bits per heavy atom. The van der Waals surface area contributed by atoms with Gasteiger partial charge in [-0.3, -0.25) is 4.79 Å². The number of benzene rings is 1. The lowest BCUT2D eigenvalue weighted by molar-refractivity contribution is -0.119. The molecule has 0 radical (unpaired) electrons. The molecule has 0 aliphatic rings. The van der Waals surface area contributed by atoms with Crippen molar-refractivity contribution in [2.45, 2.75) is 26.7 Å². The van der Waals surface area contributed by atoms with E-state index in [0.29, 0.717) is 5.69 Å². The van der Waals surface area contributed by atoms with Crippen LogP contribution in [-0.4, -0.2) is 5.91 Å². The van der Waals surface area contributed by atoms with Gasteiger partial charge in [0.1, 0.15) is 5.82 Å². The number of amides is 1. The molecule has 0 heterocycles. The molecule has 82 valence electrons. The van der Waals surface area contributed by atoms with E-state index in [-0.39, 0.29) is 17.6 Å². The van der Waals surface area contributed by atoms with E-state index in [1.165, 1.54) is 12.1 Å². The van der Waals surface area contributed by atoms with Crippen LogP contribution in [0.3, 0.4) is 0 Å². The number of hydrogen-bond acceptors (Lipinski definition) is 1. The van der Waals surface area contributed by atoms with Crippen LogP contribution in [0.1, 0.15) is 26.7 Å². The fourth-order valence-electron chi connectivity index (χ4n) is 1.40. The summed E-state index contributed by atoms with van der Waals surface area (Å²) in [6.07, 6.45) is 1.82. The Kier molecular flexibility index (Phi) is 4.28. The van der Waals surface area contributed by atoms with E-state index in [2.05, 4.69) is 5.32 Å². The van der Waals surface area contributed by atoms with Gasteiger partial charge in [0.05, 0.1) is 0 Å². The standard InChI is InChI=1S/C12H16FNO/c1-3-5-9(2)12(15)14-11-7-4-6-10(13)8-11/h4,6-9H,3,5H2,1-2H3,(H,14,15)/t9-/m1/s1. The Morgan fingerprint density at radius 1 is 1.53 bits per heavy atom. The highest BCUT2D eigenvalue weighted by Gasteiger charge is 2.11. The van der Waals surface area contributed by atoms with Crippen LogP contribution in [-0.2, 0) is 4.79 Å². The van der Waals surface area contributed by atoms with Gasteiger partial charge in [0, 0.05) is 11.6 Å². The second-order valence-electron chi connectivity index (χ2n) is 3.69. The van der Waals surface area contributed by atoms with Crippen molar-refractivity contribution in [2.75, 3.05) is 5.32 Å². The van der Waals surface area contributed by atoms with E-state index in [1.807, 2.05) is 13.8 Å². The molecule has 1 atom stereocenters. The summed E-state index contributed by atoms with van der Waals surface area (Å²) in [6, 6.07) is 5.93. The smallest absolute Gasteiger partial charge is 0.227 e. The Hall–Kier alpha value is -1.38. The fourth-order valence-corrected chi connectivity index (χ4v) is 1.40. The summed E-state index contributed by atoms with van der Waals surface area (Å²) in [5.41, 5.74) is 0.517. The Balaban J connectivity index is 2.58. The summed E-state index contributed by atoms with van der Waals surface area (Å²) < 4.78 is 12.8. The Morgan fingerprint density at radius 2 is 2.27 bits per heavy atom. The van der Waals surface area contributed by atoms with Gasteiger partial charge in [0.25, 0.3) is 0 Å². The molecule has 0 aliphatic heterocycles. The van der Waals surface area contributed by atoms with Crippen molar-refractivity contribution in [1.29, 1.82) is 0 Å². The molecular weight excluding hydrogens is 193 g/mol. The summed E-state index contributed by atoms with van der Waals surface area (Å²) >= 11 is 0. The minimum Gasteiger partial charge on any atom is -0.326 e. The molecule has 3 heteroatoms. The van der Waals surface area contributed by atoms with Crippen LogP contribution in [0.4, 0.5) is 10.1 Å². The van der Waals surface area contributed by atoms with E-state index < -0.39 is 0 Å². The minimum absolute atomic E-state index is 0.0294. The van der Waals surface area contributed by atoms with E-state index >= 15 is 0 Å². The van der Waals surface area contributed by atoms with Crippen LogP contribution in [0, 0.1) is 11.7 Å². The second kappa shape index (κ2) is 5.49. The Labute approximate surface area is 89.5 Å². The van der Waals surface area contributed by atoms with Gasteiger partial charge in [-0.25, -0.2) is 4.39 Å². The molecule has 0 aromatic heterocycles. The van der Waals surface area contributed by atoms with Crippen molar-refractivity contribution in [3.05, 3.63) is 30.1 Å². The number of hydrogen-bond donors (Lipinski definition) is 1. The first-order chi connectivity index (χ1) is 7.13. The van der Waals surface area contributed by atoms with Crippen LogP contribution in [0.15, 0.2) is 24.3 Å². The largest absolute Gasteiger partial charge is 0.326 e. The van der Waals surface area contributed by atoms with Crippen LogP contribution >= 0.6 is 0 Å². The summed E-state index contributed by atoms with van der Waals surface area (Å²) in [5.74, 6) is -0.420. The van der Waals surface area contributed by atoms with Gasteiger partial charge in [-0.05, 0) is 24.6 Å². The first-order valence-corrected chi connectivity index (χ1v) is 5.20. The molecule has 1 rings (SSSR count). The highest BCUT2D eigenvalue weighted by atomic mass is 19.1. The van der Waals surface area contributed by atoms with Gasteiger partial charge in [-0.15, -0.1) is 0 Å². The van der Waals surface area contributed by atoms with Crippen LogP contribution in [0.25, 0.3) is 0 Å². The maximum absolute atomic E-state index is 12.8. The monoisotopic (exact) mass is 209 g/mol. The van der Waals surface area contributed by atoms with Gasteiger partial charge in [-0.2, -0.15) is 0 Å². The van der Waals surface area contributed by atoms with Crippen molar-refractivity contribution in [3.63, 3.8) is 0 Å². The maximum atomic E-state index is 12.8. The zero-order valence-corrected chi connectivity index (χ0v) is 9.09. The highest BCUT2D eigenvalue weighted by Crippen LogP contribution is 2.12. The molecule has 15 heavy (non-hydrogen) atoms.